The minimum absolute atomic E-state index is 0.0435. The van der Waals surface area contributed by atoms with Crippen molar-refractivity contribution in [2.75, 3.05) is 19.5 Å². The molecule has 35 heavy (non-hydrogen) atoms. The van der Waals surface area contributed by atoms with Crippen LogP contribution in [0.5, 0.6) is 5.75 Å². The lowest BCUT2D eigenvalue weighted by atomic mass is 10.0. The van der Waals surface area contributed by atoms with Crippen LogP contribution < -0.4 is 15.4 Å². The highest BCUT2D eigenvalue weighted by Gasteiger charge is 2.45. The Morgan fingerprint density at radius 2 is 1.83 bits per heavy atom. The van der Waals surface area contributed by atoms with Crippen molar-refractivity contribution in [1.82, 2.24) is 15.2 Å². The van der Waals surface area contributed by atoms with Crippen LogP contribution in [0.4, 0.5) is 9.93 Å². The number of hydrogen-bond donors (Lipinski definition) is 2. The van der Waals surface area contributed by atoms with Gasteiger partial charge in [0.2, 0.25) is 5.91 Å². The number of esters is 1. The lowest BCUT2D eigenvalue weighted by Gasteiger charge is -2.24. The highest BCUT2D eigenvalue weighted by molar-refractivity contribution is 7.14. The Morgan fingerprint density at radius 1 is 1.11 bits per heavy atom. The third-order valence-electron chi connectivity index (χ3n) is 5.44. The molecular weight excluding hydrogens is 472 g/mol. The number of imide groups is 1. The Balaban J connectivity index is 1.60. The number of methoxy groups -OCH3 is 2. The van der Waals surface area contributed by atoms with Gasteiger partial charge in [0.25, 0.3) is 5.91 Å². The van der Waals surface area contributed by atoms with Gasteiger partial charge in [-0.15, -0.1) is 11.3 Å². The molecule has 1 aliphatic heterocycles. The van der Waals surface area contributed by atoms with Crippen molar-refractivity contribution in [2.45, 2.75) is 18.5 Å². The molecule has 180 valence electrons. The summed E-state index contributed by atoms with van der Waals surface area (Å²) in [5, 5.41) is 6.87. The number of benzene rings is 2. The van der Waals surface area contributed by atoms with Crippen LogP contribution in [-0.4, -0.2) is 54.0 Å². The predicted octanol–water partition coefficient (Wildman–Crippen LogP) is 2.78. The summed E-state index contributed by atoms with van der Waals surface area (Å²) in [6, 6.07) is 13.0. The van der Waals surface area contributed by atoms with Gasteiger partial charge in [-0.1, -0.05) is 42.5 Å². The van der Waals surface area contributed by atoms with E-state index in [4.69, 9.17) is 4.74 Å². The Bertz CT molecular complexity index is 1240. The zero-order valence-electron chi connectivity index (χ0n) is 18.9. The Kier molecular flexibility index (Phi) is 7.06. The van der Waals surface area contributed by atoms with E-state index in [1.807, 2.05) is 6.07 Å². The summed E-state index contributed by atoms with van der Waals surface area (Å²) in [4.78, 5) is 56.3. The highest BCUT2D eigenvalue weighted by Crippen LogP contribution is 2.27. The lowest BCUT2D eigenvalue weighted by Crippen LogP contribution is -2.49. The van der Waals surface area contributed by atoms with Gasteiger partial charge < -0.3 is 20.1 Å². The van der Waals surface area contributed by atoms with Crippen molar-refractivity contribution in [3.05, 3.63) is 76.8 Å². The number of anilines is 1. The number of urea groups is 1. The molecular formula is C24H22N4O6S. The number of ether oxygens (including phenoxy) is 2. The molecule has 1 saturated heterocycles. The predicted molar refractivity (Wildman–Crippen MR) is 127 cm³/mol. The van der Waals surface area contributed by atoms with Crippen molar-refractivity contribution in [3.63, 3.8) is 0 Å². The number of rotatable bonds is 8. The summed E-state index contributed by atoms with van der Waals surface area (Å²) < 4.78 is 9.79. The molecule has 10 nitrogen and oxygen atoms in total. The van der Waals surface area contributed by atoms with Crippen molar-refractivity contribution in [3.8, 4) is 5.75 Å². The van der Waals surface area contributed by atoms with Gasteiger partial charge in [-0.05, 0) is 23.3 Å². The minimum Gasteiger partial charge on any atom is -0.497 e. The van der Waals surface area contributed by atoms with E-state index in [1.54, 1.807) is 48.5 Å². The number of carbonyl (C=O) groups excluding carboxylic acids is 4. The van der Waals surface area contributed by atoms with Gasteiger partial charge in [0.05, 0.1) is 14.2 Å². The summed E-state index contributed by atoms with van der Waals surface area (Å²) in [7, 11) is 2.76. The molecule has 0 aliphatic carbocycles. The van der Waals surface area contributed by atoms with Crippen LogP contribution in [0.25, 0.3) is 0 Å². The van der Waals surface area contributed by atoms with Gasteiger partial charge in [0, 0.05) is 11.8 Å². The molecule has 11 heteroatoms. The number of hydrogen-bond acceptors (Lipinski definition) is 8. The average Bonchev–Trinajstić information content (AvgIpc) is 3.46. The summed E-state index contributed by atoms with van der Waals surface area (Å²) in [5.74, 6) is -1.19. The number of nitrogens with one attached hydrogen (secondary N) is 2. The fourth-order valence-corrected chi connectivity index (χ4v) is 4.35. The van der Waals surface area contributed by atoms with Crippen LogP contribution in [0.15, 0.2) is 60.0 Å². The van der Waals surface area contributed by atoms with Gasteiger partial charge in [-0.2, -0.15) is 0 Å². The topological polar surface area (TPSA) is 127 Å². The zero-order valence-corrected chi connectivity index (χ0v) is 19.7. The van der Waals surface area contributed by atoms with E-state index in [0.29, 0.717) is 11.3 Å². The van der Waals surface area contributed by atoms with Crippen molar-refractivity contribution in [2.24, 2.45) is 0 Å². The number of nitrogens with zero attached hydrogens (tertiary/aromatic N) is 2. The smallest absolute Gasteiger partial charge is 0.357 e. The van der Waals surface area contributed by atoms with Gasteiger partial charge in [0.1, 0.15) is 17.8 Å². The molecule has 0 saturated carbocycles. The van der Waals surface area contributed by atoms with E-state index in [1.165, 1.54) is 19.6 Å². The van der Waals surface area contributed by atoms with Gasteiger partial charge in [-0.3, -0.25) is 9.59 Å². The van der Waals surface area contributed by atoms with E-state index in [0.717, 1.165) is 21.8 Å². The standard InChI is InChI=1S/C24H22N4O6S/c1-33-16-10-8-15(9-11-16)19-21(30)28(24(32)26-19)18(12-14-6-4-3-5-7-14)20(29)27-23-25-17(13-35-23)22(31)34-2/h3-11,13,18-19H,12H2,1-2H3,(H,26,32)(H,25,27,29)/t18-,19-/m0/s1. The first-order valence-electron chi connectivity index (χ1n) is 10.6. The molecule has 0 spiro atoms. The molecule has 0 radical (unpaired) electrons. The van der Waals surface area contributed by atoms with E-state index < -0.39 is 35.9 Å². The van der Waals surface area contributed by atoms with Crippen LogP contribution in [0.3, 0.4) is 0 Å². The SMILES string of the molecule is COC(=O)c1csc(NC(=O)[C@H](Cc2ccccc2)N2C(=O)N[C@@H](c3ccc(OC)cc3)C2=O)n1. The zero-order chi connectivity index (χ0) is 24.9. The molecule has 2 heterocycles. The van der Waals surface area contributed by atoms with E-state index in [2.05, 4.69) is 20.4 Å². The third kappa shape index (κ3) is 5.14. The van der Waals surface area contributed by atoms with Crippen LogP contribution in [0, 0.1) is 0 Å². The molecule has 0 bridgehead atoms. The molecule has 4 amide bonds. The number of carbonyl (C=O) groups is 4. The molecule has 2 aromatic carbocycles. The molecule has 2 N–H and O–H groups in total. The quantitative estimate of drug-likeness (QED) is 0.364. The highest BCUT2D eigenvalue weighted by atomic mass is 32.1. The number of amides is 4. The maximum absolute atomic E-state index is 13.3. The maximum atomic E-state index is 13.3. The molecule has 3 aromatic rings. The second-order valence-corrected chi connectivity index (χ2v) is 8.45. The molecule has 2 atom stereocenters. The Labute approximate surface area is 204 Å². The number of thiazole rings is 1. The summed E-state index contributed by atoms with van der Waals surface area (Å²) in [6.07, 6.45) is 0.0937. The van der Waals surface area contributed by atoms with E-state index in [9.17, 15) is 19.2 Å². The van der Waals surface area contributed by atoms with Gasteiger partial charge >= 0.3 is 12.0 Å². The van der Waals surface area contributed by atoms with E-state index in [-0.39, 0.29) is 17.2 Å². The minimum atomic E-state index is -1.15. The van der Waals surface area contributed by atoms with Crippen LogP contribution in [0.1, 0.15) is 27.7 Å². The molecule has 0 unspecified atom stereocenters. The fraction of sp³-hybridized carbons (Fsp3) is 0.208. The molecule has 1 aliphatic rings. The van der Waals surface area contributed by atoms with Crippen molar-refractivity contribution >= 4 is 40.3 Å². The third-order valence-corrected chi connectivity index (χ3v) is 6.19. The second kappa shape index (κ2) is 10.3. The van der Waals surface area contributed by atoms with Crippen molar-refractivity contribution in [1.29, 1.82) is 0 Å². The maximum Gasteiger partial charge on any atom is 0.357 e. The number of aromatic nitrogens is 1. The largest absolute Gasteiger partial charge is 0.497 e. The first-order valence-corrected chi connectivity index (χ1v) is 11.5. The normalized spacial score (nSPS) is 15.9. The lowest BCUT2D eigenvalue weighted by molar-refractivity contribution is -0.134. The van der Waals surface area contributed by atoms with Crippen LogP contribution >= 0.6 is 11.3 Å². The Morgan fingerprint density at radius 3 is 2.49 bits per heavy atom. The van der Waals surface area contributed by atoms with Gasteiger partial charge in [-0.25, -0.2) is 19.5 Å². The monoisotopic (exact) mass is 494 g/mol. The average molecular weight is 495 g/mol. The van der Waals surface area contributed by atoms with Crippen LogP contribution in [-0.2, 0) is 20.7 Å². The molecule has 1 fully saturated rings. The fourth-order valence-electron chi connectivity index (χ4n) is 3.67. The Hall–Kier alpha value is -4.25. The van der Waals surface area contributed by atoms with Crippen molar-refractivity contribution < 1.29 is 28.7 Å². The first kappa shape index (κ1) is 23.9. The molecule has 1 aromatic heterocycles. The van der Waals surface area contributed by atoms with E-state index >= 15 is 0 Å². The summed E-state index contributed by atoms with van der Waals surface area (Å²) in [6.45, 7) is 0. The summed E-state index contributed by atoms with van der Waals surface area (Å²) in [5.41, 5.74) is 1.37. The first-order chi connectivity index (χ1) is 16.9. The van der Waals surface area contributed by atoms with Gasteiger partial charge in [0.15, 0.2) is 10.8 Å². The van der Waals surface area contributed by atoms with Crippen LogP contribution in [0.2, 0.25) is 0 Å². The second-order valence-electron chi connectivity index (χ2n) is 7.59. The molecule has 4 rings (SSSR count). The summed E-state index contributed by atoms with van der Waals surface area (Å²) >= 11 is 1.03.